The van der Waals surface area contributed by atoms with Gasteiger partial charge in [-0.05, 0) is 55.0 Å². The van der Waals surface area contributed by atoms with Gasteiger partial charge in [0.2, 0.25) is 0 Å². The van der Waals surface area contributed by atoms with Crippen LogP contribution in [-0.4, -0.2) is 9.79 Å². The fourth-order valence-electron chi connectivity index (χ4n) is 2.67. The van der Waals surface area contributed by atoms with Crippen LogP contribution in [0, 0.1) is 6.92 Å². The molecule has 0 spiro atoms. The first-order chi connectivity index (χ1) is 16.7. The summed E-state index contributed by atoms with van der Waals surface area (Å²) in [6.45, 7) is 1.71. The molecule has 4 aromatic rings. The van der Waals surface area contributed by atoms with Gasteiger partial charge < -0.3 is 18.1 Å². The predicted molar refractivity (Wildman–Crippen MR) is 133 cm³/mol. The Hall–Kier alpha value is -3.54. The maximum absolute atomic E-state index is 13.1. The van der Waals surface area contributed by atoms with Gasteiger partial charge in [-0.25, -0.2) is 4.57 Å². The Morgan fingerprint density at radius 2 is 0.857 bits per heavy atom. The van der Waals surface area contributed by atoms with Crippen LogP contribution >= 0.6 is 15.6 Å². The second kappa shape index (κ2) is 12.2. The first kappa shape index (κ1) is 26.1. The van der Waals surface area contributed by atoms with Gasteiger partial charge in [-0.1, -0.05) is 72.8 Å². The molecular formula is C25H24O8P2. The van der Waals surface area contributed by atoms with Crippen molar-refractivity contribution in [3.8, 4) is 23.0 Å². The Labute approximate surface area is 203 Å². The molecule has 4 aromatic carbocycles. The van der Waals surface area contributed by atoms with E-state index >= 15 is 0 Å². The van der Waals surface area contributed by atoms with Crippen molar-refractivity contribution < 1.29 is 37.0 Å². The minimum absolute atomic E-state index is 0.214. The van der Waals surface area contributed by atoms with Gasteiger partial charge in [-0.3, -0.25) is 9.79 Å². The van der Waals surface area contributed by atoms with E-state index in [4.69, 9.17) is 23.4 Å². The lowest BCUT2D eigenvalue weighted by Gasteiger charge is -2.19. The fourth-order valence-corrected chi connectivity index (χ4v) is 4.39. The molecule has 0 saturated carbocycles. The number of hydrogen-bond acceptors (Lipinski definition) is 6. The first-order valence-electron chi connectivity index (χ1n) is 10.4. The Bertz CT molecular complexity index is 1170. The molecule has 0 bridgehead atoms. The average molecular weight is 514 g/mol. The molecule has 0 aliphatic carbocycles. The maximum Gasteiger partial charge on any atom is 0.647 e. The van der Waals surface area contributed by atoms with Crippen molar-refractivity contribution in [1.82, 2.24) is 0 Å². The van der Waals surface area contributed by atoms with Crippen LogP contribution in [0.2, 0.25) is 0 Å². The monoisotopic (exact) mass is 514 g/mol. The lowest BCUT2D eigenvalue weighted by molar-refractivity contribution is 0.282. The molecule has 0 aliphatic heterocycles. The van der Waals surface area contributed by atoms with Crippen LogP contribution in [0.15, 0.2) is 115 Å². The van der Waals surface area contributed by atoms with Crippen molar-refractivity contribution in [2.75, 3.05) is 0 Å². The van der Waals surface area contributed by atoms with Crippen LogP contribution in [0.25, 0.3) is 0 Å². The van der Waals surface area contributed by atoms with Crippen LogP contribution < -0.4 is 18.1 Å². The van der Waals surface area contributed by atoms with Crippen LogP contribution in [0.1, 0.15) is 5.56 Å². The van der Waals surface area contributed by atoms with Crippen LogP contribution in [0.3, 0.4) is 0 Å². The normalized spacial score (nSPS) is 10.9. The van der Waals surface area contributed by atoms with E-state index in [0.29, 0.717) is 22.8 Å². The SMILES string of the molecule is Cc1ccccc1OP(=O)(O)O.O=P(Oc1ccccc1)(Oc1ccccc1)Oc1ccccc1. The zero-order valence-corrected chi connectivity index (χ0v) is 20.5. The van der Waals surface area contributed by atoms with Gasteiger partial charge in [0.25, 0.3) is 0 Å². The number of benzene rings is 4. The topological polar surface area (TPSA) is 112 Å². The molecule has 0 aromatic heterocycles. The molecule has 35 heavy (non-hydrogen) atoms. The molecule has 4 rings (SSSR count). The summed E-state index contributed by atoms with van der Waals surface area (Å²) in [6, 6.07) is 33.0. The number of hydrogen-bond donors (Lipinski definition) is 2. The van der Waals surface area contributed by atoms with Crippen molar-refractivity contribution >= 4 is 15.6 Å². The Balaban J connectivity index is 0.000000241. The summed E-state index contributed by atoms with van der Waals surface area (Å²) in [5.74, 6) is 1.43. The number of phosphoric acid groups is 2. The molecule has 0 aliphatic rings. The molecule has 8 nitrogen and oxygen atoms in total. The zero-order valence-electron chi connectivity index (χ0n) is 18.7. The van der Waals surface area contributed by atoms with E-state index in [1.807, 2.05) is 18.2 Å². The van der Waals surface area contributed by atoms with Crippen LogP contribution in [-0.2, 0) is 9.13 Å². The second-order valence-corrected chi connectivity index (χ2v) is 9.61. The van der Waals surface area contributed by atoms with E-state index in [-0.39, 0.29) is 5.75 Å². The third kappa shape index (κ3) is 9.32. The quantitative estimate of drug-likeness (QED) is 0.247. The maximum atomic E-state index is 13.1. The predicted octanol–water partition coefficient (Wildman–Crippen LogP) is 6.80. The summed E-state index contributed by atoms with van der Waals surface area (Å²) in [6.07, 6.45) is 0. The summed E-state index contributed by atoms with van der Waals surface area (Å²) < 4.78 is 44.4. The summed E-state index contributed by atoms with van der Waals surface area (Å²) in [5, 5.41) is 0. The lowest BCUT2D eigenvalue weighted by atomic mass is 10.2. The summed E-state index contributed by atoms with van der Waals surface area (Å²) in [4.78, 5) is 17.0. The largest absolute Gasteiger partial charge is 0.647 e. The van der Waals surface area contributed by atoms with Gasteiger partial charge in [0, 0.05) is 0 Å². The van der Waals surface area contributed by atoms with Crippen molar-refractivity contribution in [1.29, 1.82) is 0 Å². The number of rotatable bonds is 8. The van der Waals surface area contributed by atoms with Crippen LogP contribution in [0.5, 0.6) is 23.0 Å². The highest BCUT2D eigenvalue weighted by Gasteiger charge is 2.33. The molecule has 10 heteroatoms. The molecular weight excluding hydrogens is 490 g/mol. The molecule has 0 fully saturated rings. The number of aryl methyl sites for hydroxylation is 1. The molecule has 0 unspecified atom stereocenters. The Morgan fingerprint density at radius 1 is 0.514 bits per heavy atom. The lowest BCUT2D eigenvalue weighted by Crippen LogP contribution is -2.07. The van der Waals surface area contributed by atoms with Crippen molar-refractivity contribution in [2.24, 2.45) is 0 Å². The van der Waals surface area contributed by atoms with E-state index in [2.05, 4.69) is 4.52 Å². The fraction of sp³-hybridized carbons (Fsp3) is 0.0400. The van der Waals surface area contributed by atoms with E-state index in [1.165, 1.54) is 6.07 Å². The zero-order chi connectivity index (χ0) is 25.2. The summed E-state index contributed by atoms with van der Waals surface area (Å²) in [7, 11) is -8.30. The van der Waals surface area contributed by atoms with Crippen molar-refractivity contribution in [3.05, 3.63) is 121 Å². The van der Waals surface area contributed by atoms with E-state index in [0.717, 1.165) is 0 Å². The van der Waals surface area contributed by atoms with E-state index in [1.54, 1.807) is 97.9 Å². The highest BCUT2D eigenvalue weighted by molar-refractivity contribution is 7.49. The standard InChI is InChI=1S/C18H15O4P.C7H9O4P/c19-23(20-16-10-4-1-5-11-16,21-17-12-6-2-7-13-17)22-18-14-8-3-9-15-18;1-6-4-2-3-5-7(6)11-12(8,9)10/h1-15H;2-5H,1H3,(H2,8,9,10). The van der Waals surface area contributed by atoms with Gasteiger partial charge in [0.15, 0.2) is 0 Å². The molecule has 0 heterocycles. The van der Waals surface area contributed by atoms with Gasteiger partial charge in [-0.2, -0.15) is 4.57 Å². The summed E-state index contributed by atoms with van der Waals surface area (Å²) >= 11 is 0. The number of phosphoric ester groups is 2. The summed E-state index contributed by atoms with van der Waals surface area (Å²) in [5.41, 5.74) is 0.695. The van der Waals surface area contributed by atoms with Gasteiger partial charge >= 0.3 is 15.6 Å². The Morgan fingerprint density at radius 3 is 1.20 bits per heavy atom. The minimum atomic E-state index is -4.41. The molecule has 182 valence electrons. The first-order valence-corrected chi connectivity index (χ1v) is 13.4. The van der Waals surface area contributed by atoms with Gasteiger partial charge in [0.1, 0.15) is 23.0 Å². The van der Waals surface area contributed by atoms with Crippen molar-refractivity contribution in [2.45, 2.75) is 6.92 Å². The molecule has 0 amide bonds. The van der Waals surface area contributed by atoms with Gasteiger partial charge in [0.05, 0.1) is 0 Å². The number of para-hydroxylation sites is 4. The average Bonchev–Trinajstić information content (AvgIpc) is 2.82. The third-order valence-corrected chi connectivity index (χ3v) is 5.93. The smallest absolute Gasteiger partial charge is 0.404 e. The third-order valence-electron chi connectivity index (χ3n) is 4.19. The molecule has 0 atom stereocenters. The van der Waals surface area contributed by atoms with Gasteiger partial charge in [-0.15, -0.1) is 0 Å². The highest BCUT2D eigenvalue weighted by atomic mass is 31.2. The minimum Gasteiger partial charge on any atom is -0.404 e. The highest BCUT2D eigenvalue weighted by Crippen LogP contribution is 2.49. The van der Waals surface area contributed by atoms with E-state index < -0.39 is 15.6 Å². The molecule has 0 saturated heterocycles. The Kier molecular flexibility index (Phi) is 9.12. The van der Waals surface area contributed by atoms with Crippen molar-refractivity contribution in [3.63, 3.8) is 0 Å². The van der Waals surface area contributed by atoms with E-state index in [9.17, 15) is 9.13 Å². The second-order valence-electron chi connectivity index (χ2n) is 7.01. The van der Waals surface area contributed by atoms with Crippen LogP contribution in [0.4, 0.5) is 0 Å². The molecule has 2 N–H and O–H groups in total. The molecule has 0 radical (unpaired) electrons.